The van der Waals surface area contributed by atoms with Gasteiger partial charge in [-0.25, -0.2) is 31.9 Å². The maximum atomic E-state index is 13.5. The zero-order valence-corrected chi connectivity index (χ0v) is 20.4. The average Bonchev–Trinajstić information content (AvgIpc) is 2.75. The Balaban J connectivity index is 2.43. The molecule has 11 heteroatoms. The molecule has 0 atom stereocenters. The van der Waals surface area contributed by atoms with Gasteiger partial charge >= 0.3 is 5.97 Å². The molecule has 186 valence electrons. The minimum atomic E-state index is -3.61. The van der Waals surface area contributed by atoms with E-state index in [-0.39, 0.29) is 24.7 Å². The van der Waals surface area contributed by atoms with Gasteiger partial charge in [-0.2, -0.15) is 0 Å². The topological polar surface area (TPSA) is 141 Å². The van der Waals surface area contributed by atoms with Gasteiger partial charge in [0.05, 0.1) is 17.6 Å². The van der Waals surface area contributed by atoms with Crippen LogP contribution in [-0.4, -0.2) is 58.8 Å². The minimum absolute atomic E-state index is 0.00132. The number of aliphatic hydroxyl groups is 2. The summed E-state index contributed by atoms with van der Waals surface area (Å²) < 4.78 is 38.7. The Morgan fingerprint density at radius 2 is 1.79 bits per heavy atom. The molecule has 2 rings (SSSR count). The molecule has 9 nitrogen and oxygen atoms in total. The number of carboxylic acids is 1. The second-order valence-electron chi connectivity index (χ2n) is 8.33. The summed E-state index contributed by atoms with van der Waals surface area (Å²) in [6.45, 7) is 3.82. The molecule has 0 radical (unpaired) electrons. The van der Waals surface area contributed by atoms with Crippen molar-refractivity contribution in [3.05, 3.63) is 47.4 Å². The van der Waals surface area contributed by atoms with Gasteiger partial charge in [-0.05, 0) is 49.4 Å². The van der Waals surface area contributed by atoms with Crippen molar-refractivity contribution >= 4 is 28.0 Å². The molecule has 34 heavy (non-hydrogen) atoms. The number of benzene rings is 1. The molecule has 0 aliphatic rings. The fraction of sp³-hybridized carbons (Fsp3) is 0.435. The number of aromatic nitrogens is 2. The van der Waals surface area contributed by atoms with E-state index in [1.807, 2.05) is 19.9 Å². The highest BCUT2D eigenvalue weighted by molar-refractivity contribution is 7.92. The molecule has 0 aliphatic carbocycles. The molecular weight excluding hydrogens is 465 g/mol. The number of hydrogen-bond acceptors (Lipinski definition) is 7. The summed E-state index contributed by atoms with van der Waals surface area (Å²) in [4.78, 5) is 19.7. The van der Waals surface area contributed by atoms with Crippen LogP contribution in [0.3, 0.4) is 0 Å². The molecular formula is C23H30FN3O6S. The Hall–Kier alpha value is -2.89. The van der Waals surface area contributed by atoms with Crippen LogP contribution in [0, 0.1) is 5.82 Å². The Morgan fingerprint density at radius 1 is 1.18 bits per heavy atom. The Morgan fingerprint density at radius 3 is 2.32 bits per heavy atom. The molecule has 0 bridgehead atoms. The van der Waals surface area contributed by atoms with Crippen LogP contribution >= 0.6 is 0 Å². The van der Waals surface area contributed by atoms with Crippen LogP contribution in [0.2, 0.25) is 0 Å². The van der Waals surface area contributed by atoms with E-state index >= 15 is 0 Å². The third-order valence-corrected chi connectivity index (χ3v) is 6.34. The van der Waals surface area contributed by atoms with E-state index < -0.39 is 27.6 Å². The summed E-state index contributed by atoms with van der Waals surface area (Å²) in [5.41, 5.74) is 2.28. The second kappa shape index (κ2) is 11.0. The predicted octanol–water partition coefficient (Wildman–Crippen LogP) is 3.14. The monoisotopic (exact) mass is 495 g/mol. The highest BCUT2D eigenvalue weighted by Crippen LogP contribution is 2.31. The Kier molecular flexibility index (Phi) is 8.87. The maximum Gasteiger partial charge on any atom is 0.364 e. The number of anilines is 1. The Bertz CT molecular complexity index is 1150. The van der Waals surface area contributed by atoms with Gasteiger partial charge in [0.1, 0.15) is 5.82 Å². The van der Waals surface area contributed by atoms with Gasteiger partial charge in [0.2, 0.25) is 16.0 Å². The van der Waals surface area contributed by atoms with Gasteiger partial charge in [-0.1, -0.05) is 26.0 Å². The van der Waals surface area contributed by atoms with Crippen molar-refractivity contribution in [3.63, 3.8) is 0 Å². The quantitative estimate of drug-likeness (QED) is 0.319. The summed E-state index contributed by atoms with van der Waals surface area (Å²) in [5, 5.41) is 27.5. The number of allylic oxidation sites excluding steroid dienone is 1. The zero-order valence-electron chi connectivity index (χ0n) is 19.6. The van der Waals surface area contributed by atoms with Crippen LogP contribution in [0.25, 0.3) is 17.3 Å². The van der Waals surface area contributed by atoms with Crippen molar-refractivity contribution in [1.29, 1.82) is 0 Å². The van der Waals surface area contributed by atoms with Gasteiger partial charge in [0, 0.05) is 24.6 Å². The third-order valence-electron chi connectivity index (χ3n) is 5.18. The molecule has 1 aromatic carbocycles. The van der Waals surface area contributed by atoms with Crippen molar-refractivity contribution in [2.75, 3.05) is 17.6 Å². The van der Waals surface area contributed by atoms with Crippen LogP contribution in [-0.2, 0) is 14.8 Å². The highest BCUT2D eigenvalue weighted by Gasteiger charge is 2.31. The second-order valence-corrected chi connectivity index (χ2v) is 10.3. The number of aliphatic carboxylic acids is 1. The number of hydrogen-bond donors (Lipinski definition) is 3. The molecule has 0 saturated carbocycles. The molecule has 0 aliphatic heterocycles. The first-order chi connectivity index (χ1) is 15.7. The zero-order chi connectivity index (χ0) is 25.7. The Labute approximate surface area is 198 Å². The van der Waals surface area contributed by atoms with Gasteiger partial charge in [-0.3, -0.25) is 0 Å². The van der Waals surface area contributed by atoms with Crippen LogP contribution in [0.1, 0.15) is 56.7 Å². The van der Waals surface area contributed by atoms with E-state index in [2.05, 4.69) is 9.97 Å². The number of carbonyl (C=O) groups is 1. The van der Waals surface area contributed by atoms with Crippen molar-refractivity contribution in [2.45, 2.75) is 51.2 Å². The van der Waals surface area contributed by atoms with Crippen molar-refractivity contribution < 1.29 is 32.9 Å². The first kappa shape index (κ1) is 27.4. The van der Waals surface area contributed by atoms with Crippen LogP contribution in [0.5, 0.6) is 0 Å². The maximum absolute atomic E-state index is 13.5. The van der Waals surface area contributed by atoms with Crippen LogP contribution in [0.15, 0.2) is 30.3 Å². The van der Waals surface area contributed by atoms with Gasteiger partial charge in [0.15, 0.2) is 0 Å². The number of sulfonamides is 1. The molecule has 0 amide bonds. The van der Waals surface area contributed by atoms with Crippen molar-refractivity contribution in [2.24, 2.45) is 0 Å². The molecule has 0 fully saturated rings. The number of unbranched alkanes of at least 4 members (excludes halogenated alkanes) is 2. The molecule has 0 unspecified atom stereocenters. The van der Waals surface area contributed by atoms with Crippen LogP contribution < -0.4 is 4.31 Å². The normalized spacial score (nSPS) is 12.5. The number of nitrogens with zero attached hydrogens (tertiary/aromatic N) is 3. The third kappa shape index (κ3) is 7.05. The van der Waals surface area contributed by atoms with Gasteiger partial charge < -0.3 is 15.3 Å². The molecule has 2 aromatic rings. The lowest BCUT2D eigenvalue weighted by atomic mass is 9.97. The minimum Gasteiger partial charge on any atom is -0.477 e. The fourth-order valence-corrected chi connectivity index (χ4v) is 3.52. The van der Waals surface area contributed by atoms with Crippen molar-refractivity contribution in [1.82, 2.24) is 9.97 Å². The molecule has 3 N–H and O–H groups in total. The smallest absolute Gasteiger partial charge is 0.364 e. The average molecular weight is 496 g/mol. The highest BCUT2D eigenvalue weighted by atomic mass is 32.2. The number of rotatable bonds is 11. The number of halogens is 1. The number of carboxylic acid groups (broad SMARTS) is 1. The van der Waals surface area contributed by atoms with E-state index in [1.54, 1.807) is 18.2 Å². The lowest BCUT2D eigenvalue weighted by molar-refractivity contribution is -0.205. The summed E-state index contributed by atoms with van der Waals surface area (Å²) in [6.07, 6.45) is 5.67. The predicted molar refractivity (Wildman–Crippen MR) is 127 cm³/mol. The largest absolute Gasteiger partial charge is 0.477 e. The SMILES string of the molecule is CC(C)c1nc(N(C)S(C)(=O)=O)nc(-c2ccc(F)cc2)c1/C=C/CCCCC(O)(O)C(=O)O. The van der Waals surface area contributed by atoms with E-state index in [4.69, 9.17) is 5.11 Å². The standard InChI is InChI=1S/C23H30FN3O6S/c1-15(2)19-18(9-7-5-6-8-14-23(30,31)21(28)29)20(16-10-12-17(24)13-11-16)26-22(25-19)27(3)34(4,32)33/h7,9-13,15,30-31H,5-6,8,14H2,1-4H3,(H,28,29)/b9-7+. The lowest BCUT2D eigenvalue weighted by Gasteiger charge is -2.20. The van der Waals surface area contributed by atoms with Crippen molar-refractivity contribution in [3.8, 4) is 11.3 Å². The lowest BCUT2D eigenvalue weighted by Crippen LogP contribution is -2.37. The molecule has 1 aromatic heterocycles. The van der Waals surface area contributed by atoms with E-state index in [0.29, 0.717) is 35.4 Å². The van der Waals surface area contributed by atoms with E-state index in [1.165, 1.54) is 19.2 Å². The summed E-state index contributed by atoms with van der Waals surface area (Å²) in [7, 11) is -2.26. The van der Waals surface area contributed by atoms with Gasteiger partial charge in [0.25, 0.3) is 5.79 Å². The summed E-state index contributed by atoms with van der Waals surface area (Å²) in [5.74, 6) is -4.95. The first-order valence-electron chi connectivity index (χ1n) is 10.7. The summed E-state index contributed by atoms with van der Waals surface area (Å²) in [6, 6.07) is 5.69. The first-order valence-corrected chi connectivity index (χ1v) is 12.6. The molecule has 1 heterocycles. The molecule has 0 spiro atoms. The summed E-state index contributed by atoms with van der Waals surface area (Å²) >= 11 is 0. The molecule has 0 saturated heterocycles. The fourth-order valence-electron chi connectivity index (χ4n) is 3.14. The van der Waals surface area contributed by atoms with E-state index in [0.717, 1.165) is 10.6 Å². The van der Waals surface area contributed by atoms with Crippen LogP contribution in [0.4, 0.5) is 10.3 Å². The van der Waals surface area contributed by atoms with Gasteiger partial charge in [-0.15, -0.1) is 0 Å². The van der Waals surface area contributed by atoms with E-state index in [9.17, 15) is 27.8 Å².